The lowest BCUT2D eigenvalue weighted by Gasteiger charge is -2.32. The first-order valence-corrected chi connectivity index (χ1v) is 7.12. The number of para-hydroxylation sites is 1. The number of nitrogens with zero attached hydrogens (tertiary/aromatic N) is 2. The molecule has 1 aromatic carbocycles. The van der Waals surface area contributed by atoms with E-state index in [1.54, 1.807) is 0 Å². The molecule has 1 aliphatic heterocycles. The SMILES string of the molecule is O=C(O)N1CCN(CCCOc2ccccc2Cl)CC1. The van der Waals surface area contributed by atoms with Gasteiger partial charge >= 0.3 is 6.09 Å². The van der Waals surface area contributed by atoms with E-state index in [0.717, 1.165) is 26.1 Å². The van der Waals surface area contributed by atoms with Crippen molar-refractivity contribution in [3.63, 3.8) is 0 Å². The van der Waals surface area contributed by atoms with Gasteiger partial charge in [0.05, 0.1) is 11.6 Å². The number of carboxylic acid groups (broad SMARTS) is 1. The molecule has 5 nitrogen and oxygen atoms in total. The summed E-state index contributed by atoms with van der Waals surface area (Å²) in [5.41, 5.74) is 0. The van der Waals surface area contributed by atoms with Crippen molar-refractivity contribution in [1.29, 1.82) is 0 Å². The van der Waals surface area contributed by atoms with Crippen LogP contribution >= 0.6 is 11.6 Å². The van der Waals surface area contributed by atoms with Crippen molar-refractivity contribution in [2.24, 2.45) is 0 Å². The molecule has 110 valence electrons. The fourth-order valence-corrected chi connectivity index (χ4v) is 2.39. The summed E-state index contributed by atoms with van der Waals surface area (Å²) in [6, 6.07) is 7.43. The van der Waals surface area contributed by atoms with Crippen LogP contribution in [0.15, 0.2) is 24.3 Å². The van der Waals surface area contributed by atoms with E-state index in [-0.39, 0.29) is 0 Å². The largest absolute Gasteiger partial charge is 0.492 e. The number of amides is 1. The Morgan fingerprint density at radius 2 is 1.95 bits per heavy atom. The Morgan fingerprint density at radius 3 is 2.60 bits per heavy atom. The van der Waals surface area contributed by atoms with Gasteiger partial charge in [-0.3, -0.25) is 4.90 Å². The van der Waals surface area contributed by atoms with Gasteiger partial charge < -0.3 is 14.7 Å². The van der Waals surface area contributed by atoms with Crippen LogP contribution in [0.25, 0.3) is 0 Å². The number of halogens is 1. The molecule has 1 saturated heterocycles. The number of hydrogen-bond donors (Lipinski definition) is 1. The van der Waals surface area contributed by atoms with Crippen molar-refractivity contribution in [3.05, 3.63) is 29.3 Å². The van der Waals surface area contributed by atoms with Crippen LogP contribution in [0, 0.1) is 0 Å². The van der Waals surface area contributed by atoms with Crippen LogP contribution in [0.4, 0.5) is 4.79 Å². The van der Waals surface area contributed by atoms with Gasteiger partial charge in [0.15, 0.2) is 0 Å². The summed E-state index contributed by atoms with van der Waals surface area (Å²) in [5, 5.41) is 9.49. The standard InChI is InChI=1S/C14H19ClN2O3/c15-12-4-1-2-5-13(12)20-11-3-6-16-7-9-17(10-8-16)14(18)19/h1-2,4-5H,3,6-11H2,(H,18,19). The molecule has 2 rings (SSSR count). The van der Waals surface area contributed by atoms with E-state index < -0.39 is 6.09 Å². The molecule has 0 spiro atoms. The van der Waals surface area contributed by atoms with Gasteiger partial charge in [-0.15, -0.1) is 0 Å². The molecule has 0 aliphatic carbocycles. The van der Waals surface area contributed by atoms with Crippen molar-refractivity contribution in [1.82, 2.24) is 9.80 Å². The van der Waals surface area contributed by atoms with Gasteiger partial charge in [0, 0.05) is 32.7 Å². The molecule has 20 heavy (non-hydrogen) atoms. The fourth-order valence-electron chi connectivity index (χ4n) is 2.19. The van der Waals surface area contributed by atoms with E-state index in [2.05, 4.69) is 4.90 Å². The van der Waals surface area contributed by atoms with Crippen LogP contribution < -0.4 is 4.74 Å². The Bertz CT molecular complexity index is 448. The third-order valence-corrected chi connectivity index (χ3v) is 3.67. The summed E-state index contributed by atoms with van der Waals surface area (Å²) in [7, 11) is 0. The van der Waals surface area contributed by atoms with E-state index in [1.807, 2.05) is 24.3 Å². The average Bonchev–Trinajstić information content (AvgIpc) is 2.46. The number of benzene rings is 1. The summed E-state index contributed by atoms with van der Waals surface area (Å²) >= 11 is 6.00. The van der Waals surface area contributed by atoms with E-state index >= 15 is 0 Å². The Balaban J connectivity index is 1.63. The first-order valence-electron chi connectivity index (χ1n) is 6.74. The summed E-state index contributed by atoms with van der Waals surface area (Å²) in [6.45, 7) is 4.28. The van der Waals surface area contributed by atoms with Crippen molar-refractivity contribution in [3.8, 4) is 5.75 Å². The Hall–Kier alpha value is -1.46. The van der Waals surface area contributed by atoms with Gasteiger partial charge in [-0.1, -0.05) is 23.7 Å². The quantitative estimate of drug-likeness (QED) is 0.848. The molecule has 1 heterocycles. The second-order valence-corrected chi connectivity index (χ2v) is 5.15. The molecule has 1 N–H and O–H groups in total. The smallest absolute Gasteiger partial charge is 0.407 e. The number of ether oxygens (including phenoxy) is 1. The normalized spacial score (nSPS) is 16.1. The molecule has 1 fully saturated rings. The lowest BCUT2D eigenvalue weighted by molar-refractivity contribution is 0.103. The zero-order valence-electron chi connectivity index (χ0n) is 11.3. The molecule has 0 saturated carbocycles. The predicted octanol–water partition coefficient (Wildman–Crippen LogP) is 2.40. The van der Waals surface area contributed by atoms with E-state index in [0.29, 0.717) is 30.5 Å². The van der Waals surface area contributed by atoms with Crippen LogP contribution in [0.1, 0.15) is 6.42 Å². The summed E-state index contributed by atoms with van der Waals surface area (Å²) in [4.78, 5) is 14.5. The highest BCUT2D eigenvalue weighted by molar-refractivity contribution is 6.32. The molecule has 1 aromatic rings. The van der Waals surface area contributed by atoms with Gasteiger partial charge in [0.1, 0.15) is 5.75 Å². The first kappa shape index (κ1) is 14.9. The van der Waals surface area contributed by atoms with Gasteiger partial charge in [-0.25, -0.2) is 4.79 Å². The van der Waals surface area contributed by atoms with E-state index in [4.69, 9.17) is 21.4 Å². The number of piperazine rings is 1. The van der Waals surface area contributed by atoms with Gasteiger partial charge in [0.2, 0.25) is 0 Å². The molecule has 1 aliphatic rings. The number of rotatable bonds is 5. The van der Waals surface area contributed by atoms with Crippen LogP contribution in [0.3, 0.4) is 0 Å². The lowest BCUT2D eigenvalue weighted by Crippen LogP contribution is -2.48. The summed E-state index contributed by atoms with van der Waals surface area (Å²) in [5.74, 6) is 0.713. The molecule has 0 radical (unpaired) electrons. The minimum Gasteiger partial charge on any atom is -0.492 e. The monoisotopic (exact) mass is 298 g/mol. The second kappa shape index (κ2) is 7.36. The number of hydrogen-bond acceptors (Lipinski definition) is 3. The molecule has 0 unspecified atom stereocenters. The maximum Gasteiger partial charge on any atom is 0.407 e. The molecule has 0 bridgehead atoms. The average molecular weight is 299 g/mol. The summed E-state index contributed by atoms with van der Waals surface area (Å²) < 4.78 is 5.62. The first-order chi connectivity index (χ1) is 9.66. The predicted molar refractivity (Wildman–Crippen MR) is 77.6 cm³/mol. The van der Waals surface area contributed by atoms with Gasteiger partial charge in [0.25, 0.3) is 0 Å². The topological polar surface area (TPSA) is 53.0 Å². The van der Waals surface area contributed by atoms with Crippen molar-refractivity contribution in [2.75, 3.05) is 39.3 Å². The Labute approximate surface area is 123 Å². The Morgan fingerprint density at radius 1 is 1.25 bits per heavy atom. The van der Waals surface area contributed by atoms with Crippen LogP contribution in [0.2, 0.25) is 5.02 Å². The minimum atomic E-state index is -0.827. The van der Waals surface area contributed by atoms with Crippen LogP contribution in [-0.2, 0) is 0 Å². The zero-order valence-corrected chi connectivity index (χ0v) is 12.1. The lowest BCUT2D eigenvalue weighted by atomic mass is 10.3. The highest BCUT2D eigenvalue weighted by atomic mass is 35.5. The van der Waals surface area contributed by atoms with Crippen molar-refractivity contribution >= 4 is 17.7 Å². The van der Waals surface area contributed by atoms with E-state index in [1.165, 1.54) is 4.90 Å². The minimum absolute atomic E-state index is 0.584. The second-order valence-electron chi connectivity index (χ2n) is 4.74. The third kappa shape index (κ3) is 4.28. The number of carbonyl (C=O) groups is 1. The molecule has 0 aromatic heterocycles. The molecule has 1 amide bonds. The fraction of sp³-hybridized carbons (Fsp3) is 0.500. The highest BCUT2D eigenvalue weighted by Gasteiger charge is 2.19. The van der Waals surface area contributed by atoms with Crippen molar-refractivity contribution < 1.29 is 14.6 Å². The van der Waals surface area contributed by atoms with E-state index in [9.17, 15) is 4.79 Å². The maximum absolute atomic E-state index is 10.8. The zero-order chi connectivity index (χ0) is 14.4. The maximum atomic E-state index is 10.8. The molecular formula is C14H19ClN2O3. The Kier molecular flexibility index (Phi) is 5.49. The van der Waals surface area contributed by atoms with Gasteiger partial charge in [-0.05, 0) is 18.6 Å². The highest BCUT2D eigenvalue weighted by Crippen LogP contribution is 2.23. The van der Waals surface area contributed by atoms with Crippen molar-refractivity contribution in [2.45, 2.75) is 6.42 Å². The molecule has 6 heteroatoms. The molecular weight excluding hydrogens is 280 g/mol. The molecule has 0 atom stereocenters. The summed E-state index contributed by atoms with van der Waals surface area (Å²) in [6.07, 6.45) is 0.0740. The van der Waals surface area contributed by atoms with Gasteiger partial charge in [-0.2, -0.15) is 0 Å². The van der Waals surface area contributed by atoms with Crippen LogP contribution in [-0.4, -0.2) is 60.3 Å². The van der Waals surface area contributed by atoms with Crippen LogP contribution in [0.5, 0.6) is 5.75 Å². The third-order valence-electron chi connectivity index (χ3n) is 3.36.